The highest BCUT2D eigenvalue weighted by Crippen LogP contribution is 2.29. The van der Waals surface area contributed by atoms with Crippen LogP contribution in [0.1, 0.15) is 27.9 Å². The molecule has 0 aromatic carbocycles. The number of halogens is 1. The summed E-state index contributed by atoms with van der Waals surface area (Å²) < 4.78 is 5.62. The van der Waals surface area contributed by atoms with Crippen LogP contribution in [0.5, 0.6) is 0 Å². The lowest BCUT2D eigenvalue weighted by Gasteiger charge is -2.26. The van der Waals surface area contributed by atoms with Gasteiger partial charge in [-0.1, -0.05) is 11.3 Å². The maximum Gasteiger partial charge on any atom is 0.413 e. The molecule has 0 radical (unpaired) electrons. The largest absolute Gasteiger partial charge is 0.450 e. The first-order valence-electron chi connectivity index (χ1n) is 7.39. The molecule has 0 unspecified atom stereocenters. The molecule has 126 valence electrons. The van der Waals surface area contributed by atoms with Crippen LogP contribution in [0.2, 0.25) is 0 Å². The van der Waals surface area contributed by atoms with Crippen LogP contribution in [0.3, 0.4) is 0 Å². The quantitative estimate of drug-likeness (QED) is 0.839. The van der Waals surface area contributed by atoms with E-state index in [4.69, 9.17) is 4.74 Å². The molecule has 0 bridgehead atoms. The van der Waals surface area contributed by atoms with Crippen molar-refractivity contribution in [1.29, 1.82) is 0 Å². The Kier molecular flexibility index (Phi) is 5.10. The second-order valence-corrected chi connectivity index (χ2v) is 7.10. The second kappa shape index (κ2) is 7.27. The molecule has 7 nitrogen and oxygen atoms in total. The van der Waals surface area contributed by atoms with Crippen molar-refractivity contribution in [3.63, 3.8) is 0 Å². The maximum absolute atomic E-state index is 12.6. The lowest BCUT2D eigenvalue weighted by atomic mass is 10.1. The zero-order valence-corrected chi connectivity index (χ0v) is 15.3. The number of nitrogens with zero attached hydrogens (tertiary/aromatic N) is 3. The van der Waals surface area contributed by atoms with Gasteiger partial charge in [0.05, 0.1) is 24.4 Å². The highest BCUT2D eigenvalue weighted by molar-refractivity contribution is 9.10. The molecule has 0 saturated heterocycles. The number of hydrogen-bond acceptors (Lipinski definition) is 6. The number of nitrogens with one attached hydrogen (secondary N) is 1. The predicted molar refractivity (Wildman–Crippen MR) is 93.1 cm³/mol. The summed E-state index contributed by atoms with van der Waals surface area (Å²) in [4.78, 5) is 35.2. The van der Waals surface area contributed by atoms with Gasteiger partial charge in [0.25, 0.3) is 5.91 Å². The number of hydrogen-bond donors (Lipinski definition) is 1. The molecular formula is C15H15BrN4O3S. The predicted octanol–water partition coefficient (Wildman–Crippen LogP) is 3.07. The van der Waals surface area contributed by atoms with Crippen molar-refractivity contribution in [3.8, 4) is 0 Å². The first kappa shape index (κ1) is 16.8. The fraction of sp³-hybridized carbons (Fsp3) is 0.333. The van der Waals surface area contributed by atoms with Crippen molar-refractivity contribution in [2.45, 2.75) is 19.9 Å². The van der Waals surface area contributed by atoms with Gasteiger partial charge in [0.1, 0.15) is 0 Å². The molecule has 2 aromatic rings. The molecule has 0 atom stereocenters. The Balaban J connectivity index is 1.71. The van der Waals surface area contributed by atoms with Crippen LogP contribution in [-0.4, -0.2) is 40.0 Å². The Morgan fingerprint density at radius 3 is 3.04 bits per heavy atom. The number of carbonyl (C=O) groups excluding carboxylic acids is 2. The SMILES string of the molecule is CCOC(=O)Nc1nc2c(s1)CN(C(=O)c1cncc(Br)c1)CC2. The van der Waals surface area contributed by atoms with Crippen molar-refractivity contribution in [2.75, 3.05) is 18.5 Å². The lowest BCUT2D eigenvalue weighted by molar-refractivity contribution is 0.0735. The van der Waals surface area contributed by atoms with Crippen molar-refractivity contribution >= 4 is 44.4 Å². The number of pyridine rings is 1. The summed E-state index contributed by atoms with van der Waals surface area (Å²) in [5.41, 5.74) is 1.46. The standard InChI is InChI=1S/C15H15BrN4O3S/c1-2-23-15(22)19-14-18-11-3-4-20(8-12(11)24-14)13(21)9-5-10(16)7-17-6-9/h5-7H,2-4,8H2,1H3,(H,18,19,22). The lowest BCUT2D eigenvalue weighted by Crippen LogP contribution is -2.35. The summed E-state index contributed by atoms with van der Waals surface area (Å²) in [6.07, 6.45) is 3.34. The van der Waals surface area contributed by atoms with Gasteiger partial charge in [0, 0.05) is 34.7 Å². The van der Waals surface area contributed by atoms with Gasteiger partial charge in [-0.25, -0.2) is 9.78 Å². The van der Waals surface area contributed by atoms with E-state index in [-0.39, 0.29) is 5.91 Å². The number of carbonyl (C=O) groups is 2. The Bertz CT molecular complexity index is 780. The van der Waals surface area contributed by atoms with Gasteiger partial charge >= 0.3 is 6.09 Å². The Labute approximate surface area is 151 Å². The molecule has 1 aliphatic heterocycles. The molecule has 9 heteroatoms. The molecular weight excluding hydrogens is 396 g/mol. The van der Waals surface area contributed by atoms with Crippen LogP contribution in [0.25, 0.3) is 0 Å². The third-order valence-electron chi connectivity index (χ3n) is 3.45. The topological polar surface area (TPSA) is 84.4 Å². The van der Waals surface area contributed by atoms with Gasteiger partial charge in [-0.15, -0.1) is 0 Å². The zero-order chi connectivity index (χ0) is 17.1. The number of thiazole rings is 1. The van der Waals surface area contributed by atoms with Gasteiger partial charge in [-0.05, 0) is 28.9 Å². The Morgan fingerprint density at radius 2 is 2.29 bits per heavy atom. The maximum atomic E-state index is 12.6. The Morgan fingerprint density at radius 1 is 1.46 bits per heavy atom. The molecule has 0 spiro atoms. The molecule has 2 aromatic heterocycles. The van der Waals surface area contributed by atoms with Crippen molar-refractivity contribution in [1.82, 2.24) is 14.9 Å². The van der Waals surface area contributed by atoms with Gasteiger partial charge in [0.2, 0.25) is 0 Å². The molecule has 1 N–H and O–H groups in total. The summed E-state index contributed by atoms with van der Waals surface area (Å²) in [7, 11) is 0. The minimum atomic E-state index is -0.517. The molecule has 3 heterocycles. The van der Waals surface area contributed by atoms with Gasteiger partial charge in [-0.3, -0.25) is 15.1 Å². The monoisotopic (exact) mass is 410 g/mol. The minimum Gasteiger partial charge on any atom is -0.450 e. The summed E-state index contributed by atoms with van der Waals surface area (Å²) in [6, 6.07) is 1.76. The highest BCUT2D eigenvalue weighted by atomic mass is 79.9. The number of ether oxygens (including phenoxy) is 1. The van der Waals surface area contributed by atoms with Gasteiger partial charge < -0.3 is 9.64 Å². The summed E-state index contributed by atoms with van der Waals surface area (Å²) >= 11 is 4.69. The van der Waals surface area contributed by atoms with Crippen molar-refractivity contribution in [2.24, 2.45) is 0 Å². The van der Waals surface area contributed by atoms with Gasteiger partial charge in [-0.2, -0.15) is 0 Å². The van der Waals surface area contributed by atoms with E-state index in [0.717, 1.165) is 15.0 Å². The van der Waals surface area contributed by atoms with Crippen LogP contribution in [-0.2, 0) is 17.7 Å². The Hall–Kier alpha value is -2.00. The first-order chi connectivity index (χ1) is 11.6. The van der Waals surface area contributed by atoms with E-state index < -0.39 is 6.09 Å². The number of fused-ring (bicyclic) bond motifs is 1. The number of anilines is 1. The average Bonchev–Trinajstić information content (AvgIpc) is 2.95. The van der Waals surface area contributed by atoms with Crippen molar-refractivity contribution < 1.29 is 14.3 Å². The highest BCUT2D eigenvalue weighted by Gasteiger charge is 2.25. The zero-order valence-electron chi connectivity index (χ0n) is 12.9. The third-order valence-corrected chi connectivity index (χ3v) is 4.89. The average molecular weight is 411 g/mol. The van der Waals surface area contributed by atoms with Gasteiger partial charge in [0.15, 0.2) is 5.13 Å². The van der Waals surface area contributed by atoms with E-state index in [0.29, 0.717) is 36.8 Å². The number of aromatic nitrogens is 2. The van der Waals surface area contributed by atoms with Crippen LogP contribution in [0.4, 0.5) is 9.93 Å². The summed E-state index contributed by atoms with van der Waals surface area (Å²) in [5, 5.41) is 3.11. The van der Waals surface area contributed by atoms with Crippen LogP contribution in [0, 0.1) is 0 Å². The fourth-order valence-electron chi connectivity index (χ4n) is 2.39. The van der Waals surface area contributed by atoms with Crippen LogP contribution in [0.15, 0.2) is 22.9 Å². The molecule has 0 fully saturated rings. The molecule has 0 saturated carbocycles. The second-order valence-electron chi connectivity index (χ2n) is 5.10. The fourth-order valence-corrected chi connectivity index (χ4v) is 3.76. The van der Waals surface area contributed by atoms with Crippen LogP contribution < -0.4 is 5.32 Å². The summed E-state index contributed by atoms with van der Waals surface area (Å²) in [5.74, 6) is -0.0669. The van der Waals surface area contributed by atoms with Crippen molar-refractivity contribution in [3.05, 3.63) is 39.1 Å². The normalized spacial score (nSPS) is 13.3. The molecule has 2 amide bonds. The van der Waals surface area contributed by atoms with E-state index in [1.54, 1.807) is 30.3 Å². The van der Waals surface area contributed by atoms with Crippen LogP contribution >= 0.6 is 27.3 Å². The van der Waals surface area contributed by atoms with E-state index in [9.17, 15) is 9.59 Å². The third kappa shape index (κ3) is 3.73. The molecule has 1 aliphatic rings. The van der Waals surface area contributed by atoms with E-state index in [2.05, 4.69) is 31.2 Å². The molecule has 24 heavy (non-hydrogen) atoms. The molecule has 3 rings (SSSR count). The smallest absolute Gasteiger partial charge is 0.413 e. The molecule has 0 aliphatic carbocycles. The minimum absolute atomic E-state index is 0.0669. The van der Waals surface area contributed by atoms with E-state index >= 15 is 0 Å². The van der Waals surface area contributed by atoms with E-state index in [1.807, 2.05) is 0 Å². The summed E-state index contributed by atoms with van der Waals surface area (Å²) in [6.45, 7) is 3.11. The number of rotatable bonds is 3. The first-order valence-corrected chi connectivity index (χ1v) is 9.00. The number of amides is 2. The van der Waals surface area contributed by atoms with E-state index in [1.165, 1.54) is 11.3 Å².